The van der Waals surface area contributed by atoms with E-state index in [0.29, 0.717) is 22.9 Å². The first-order valence-electron chi connectivity index (χ1n) is 4.75. The zero-order valence-corrected chi connectivity index (χ0v) is 9.96. The number of halogens is 2. The summed E-state index contributed by atoms with van der Waals surface area (Å²) < 4.78 is 0. The van der Waals surface area contributed by atoms with Crippen LogP contribution in [0.1, 0.15) is 23.7 Å². The molecule has 1 aromatic rings. The molecule has 0 bridgehead atoms. The van der Waals surface area contributed by atoms with Gasteiger partial charge in [-0.1, -0.05) is 29.8 Å². The summed E-state index contributed by atoms with van der Waals surface area (Å²) >= 11 is 11.5. The van der Waals surface area contributed by atoms with Crippen LogP contribution in [0, 0.1) is 6.92 Å². The zero-order valence-electron chi connectivity index (χ0n) is 8.45. The van der Waals surface area contributed by atoms with E-state index >= 15 is 0 Å². The lowest BCUT2D eigenvalue weighted by Crippen LogP contribution is -2.19. The van der Waals surface area contributed by atoms with Crippen LogP contribution in [-0.4, -0.2) is 22.2 Å². The molecule has 15 heavy (non-hydrogen) atoms. The van der Waals surface area contributed by atoms with Gasteiger partial charge in [-0.3, -0.25) is 0 Å². The summed E-state index contributed by atoms with van der Waals surface area (Å²) in [7, 11) is 0. The number of rotatable bonds is 4. The van der Waals surface area contributed by atoms with Crippen LogP contribution in [0.25, 0.3) is 0 Å². The van der Waals surface area contributed by atoms with Gasteiger partial charge in [-0.05, 0) is 18.9 Å². The summed E-state index contributed by atoms with van der Waals surface area (Å²) in [6, 6.07) is 5.36. The van der Waals surface area contributed by atoms with E-state index in [0.717, 1.165) is 5.56 Å². The molecule has 4 heteroatoms. The molecular weight excluding hydrogens is 235 g/mol. The summed E-state index contributed by atoms with van der Waals surface area (Å²) in [5.74, 6) is 0.307. The fourth-order valence-corrected chi connectivity index (χ4v) is 1.84. The molecule has 2 nitrogen and oxygen atoms in total. The van der Waals surface area contributed by atoms with Gasteiger partial charge in [-0.25, -0.2) is 0 Å². The standard InChI is InChI=1S/C11H14Cl2O2/c1-7-3-2-4-8(10(7)13)11(15)9(14)5-6-12/h2-4,9,11,14-15H,5-6H2,1H3. The smallest absolute Gasteiger partial charge is 0.106 e. The van der Waals surface area contributed by atoms with Crippen LogP contribution in [0.5, 0.6) is 0 Å². The van der Waals surface area contributed by atoms with Crippen LogP contribution in [-0.2, 0) is 0 Å². The Labute approximate surface area is 99.5 Å². The van der Waals surface area contributed by atoms with Crippen molar-refractivity contribution in [1.82, 2.24) is 0 Å². The summed E-state index contributed by atoms with van der Waals surface area (Å²) in [6.45, 7) is 1.85. The van der Waals surface area contributed by atoms with Crippen molar-refractivity contribution in [2.75, 3.05) is 5.88 Å². The van der Waals surface area contributed by atoms with Crippen molar-refractivity contribution in [2.24, 2.45) is 0 Å². The first-order chi connectivity index (χ1) is 7.07. The van der Waals surface area contributed by atoms with E-state index in [1.165, 1.54) is 0 Å². The van der Waals surface area contributed by atoms with Crippen molar-refractivity contribution in [3.05, 3.63) is 34.3 Å². The number of hydrogen-bond donors (Lipinski definition) is 2. The summed E-state index contributed by atoms with van der Waals surface area (Å²) in [5, 5.41) is 19.9. The molecule has 0 radical (unpaired) electrons. The first-order valence-corrected chi connectivity index (χ1v) is 5.66. The second kappa shape index (κ2) is 5.71. The SMILES string of the molecule is Cc1cccc(C(O)C(O)CCCl)c1Cl. The maximum atomic E-state index is 9.83. The van der Waals surface area contributed by atoms with Crippen molar-refractivity contribution < 1.29 is 10.2 Å². The number of alkyl halides is 1. The molecule has 0 saturated heterocycles. The molecule has 0 heterocycles. The number of hydrogen-bond acceptors (Lipinski definition) is 2. The summed E-state index contributed by atoms with van der Waals surface area (Å²) in [6.07, 6.45) is -1.51. The molecule has 0 fully saturated rings. The number of aryl methyl sites for hydroxylation is 1. The largest absolute Gasteiger partial charge is 0.390 e. The second-order valence-electron chi connectivity index (χ2n) is 3.47. The van der Waals surface area contributed by atoms with Crippen LogP contribution in [0.15, 0.2) is 18.2 Å². The van der Waals surface area contributed by atoms with E-state index in [4.69, 9.17) is 23.2 Å². The maximum Gasteiger partial charge on any atom is 0.106 e. The fraction of sp³-hybridized carbons (Fsp3) is 0.455. The highest BCUT2D eigenvalue weighted by Gasteiger charge is 2.20. The van der Waals surface area contributed by atoms with E-state index in [1.807, 2.05) is 13.0 Å². The zero-order chi connectivity index (χ0) is 11.4. The molecule has 1 aromatic carbocycles. The molecule has 0 aliphatic heterocycles. The molecule has 0 spiro atoms. The minimum Gasteiger partial charge on any atom is -0.390 e. The minimum atomic E-state index is -0.976. The molecule has 2 N–H and O–H groups in total. The highest BCUT2D eigenvalue weighted by molar-refractivity contribution is 6.32. The van der Waals surface area contributed by atoms with Crippen LogP contribution >= 0.6 is 23.2 Å². The van der Waals surface area contributed by atoms with Crippen molar-refractivity contribution in [2.45, 2.75) is 25.6 Å². The Morgan fingerprint density at radius 3 is 2.60 bits per heavy atom. The van der Waals surface area contributed by atoms with Gasteiger partial charge in [0.2, 0.25) is 0 Å². The quantitative estimate of drug-likeness (QED) is 0.805. The van der Waals surface area contributed by atoms with Crippen LogP contribution in [0.4, 0.5) is 0 Å². The van der Waals surface area contributed by atoms with Gasteiger partial charge in [-0.15, -0.1) is 11.6 Å². The normalized spacial score (nSPS) is 15.0. The molecule has 0 amide bonds. The van der Waals surface area contributed by atoms with E-state index in [2.05, 4.69) is 0 Å². The lowest BCUT2D eigenvalue weighted by Gasteiger charge is -2.19. The van der Waals surface area contributed by atoms with Gasteiger partial charge >= 0.3 is 0 Å². The Bertz CT molecular complexity index is 328. The third-order valence-electron chi connectivity index (χ3n) is 2.31. The lowest BCUT2D eigenvalue weighted by atomic mass is 10.0. The molecule has 2 unspecified atom stereocenters. The maximum absolute atomic E-state index is 9.83. The van der Waals surface area contributed by atoms with Gasteiger partial charge < -0.3 is 10.2 Å². The Balaban J connectivity index is 2.90. The molecule has 84 valence electrons. The molecule has 0 aliphatic carbocycles. The number of aliphatic hydroxyl groups is 2. The van der Waals surface area contributed by atoms with Crippen molar-refractivity contribution in [1.29, 1.82) is 0 Å². The number of aliphatic hydroxyl groups excluding tert-OH is 2. The van der Waals surface area contributed by atoms with Crippen molar-refractivity contribution >= 4 is 23.2 Å². The molecule has 1 rings (SSSR count). The Kier molecular flexibility index (Phi) is 4.87. The van der Waals surface area contributed by atoms with Crippen LogP contribution in [0.3, 0.4) is 0 Å². The highest BCUT2D eigenvalue weighted by Crippen LogP contribution is 2.28. The molecule has 0 saturated carbocycles. The van der Waals surface area contributed by atoms with E-state index in [1.54, 1.807) is 12.1 Å². The lowest BCUT2D eigenvalue weighted by molar-refractivity contribution is 0.0170. The summed E-state index contributed by atoms with van der Waals surface area (Å²) in [4.78, 5) is 0. The van der Waals surface area contributed by atoms with Gasteiger partial charge in [0, 0.05) is 16.5 Å². The average Bonchev–Trinajstić information content (AvgIpc) is 2.21. The first kappa shape index (κ1) is 12.8. The van der Waals surface area contributed by atoms with Crippen LogP contribution < -0.4 is 0 Å². The molecule has 0 aliphatic rings. The minimum absolute atomic E-state index is 0.307. The monoisotopic (exact) mass is 248 g/mol. The second-order valence-corrected chi connectivity index (χ2v) is 4.22. The highest BCUT2D eigenvalue weighted by atomic mass is 35.5. The average molecular weight is 249 g/mol. The molecular formula is C11H14Cl2O2. The van der Waals surface area contributed by atoms with E-state index in [9.17, 15) is 10.2 Å². The predicted octanol–water partition coefficient (Wildman–Crippen LogP) is 2.67. The third-order valence-corrected chi connectivity index (χ3v) is 3.04. The fourth-order valence-electron chi connectivity index (χ4n) is 1.38. The van der Waals surface area contributed by atoms with Gasteiger partial charge in [0.15, 0.2) is 0 Å². The predicted molar refractivity (Wildman–Crippen MR) is 62.5 cm³/mol. The topological polar surface area (TPSA) is 40.5 Å². The van der Waals surface area contributed by atoms with Crippen molar-refractivity contribution in [3.8, 4) is 0 Å². The Morgan fingerprint density at radius 2 is 2.00 bits per heavy atom. The molecule has 2 atom stereocenters. The molecule has 0 aromatic heterocycles. The van der Waals surface area contributed by atoms with Gasteiger partial charge in [0.1, 0.15) is 6.10 Å². The Hall–Kier alpha value is -0.280. The van der Waals surface area contributed by atoms with Gasteiger partial charge in [0.25, 0.3) is 0 Å². The van der Waals surface area contributed by atoms with Gasteiger partial charge in [0.05, 0.1) is 6.10 Å². The van der Waals surface area contributed by atoms with E-state index in [-0.39, 0.29) is 0 Å². The summed E-state index contributed by atoms with van der Waals surface area (Å²) in [5.41, 5.74) is 1.43. The Morgan fingerprint density at radius 1 is 1.33 bits per heavy atom. The van der Waals surface area contributed by atoms with Gasteiger partial charge in [-0.2, -0.15) is 0 Å². The third kappa shape index (κ3) is 3.08. The number of benzene rings is 1. The van der Waals surface area contributed by atoms with E-state index < -0.39 is 12.2 Å². The van der Waals surface area contributed by atoms with Crippen molar-refractivity contribution in [3.63, 3.8) is 0 Å². The van der Waals surface area contributed by atoms with Crippen LogP contribution in [0.2, 0.25) is 5.02 Å².